The maximum Gasteiger partial charge on any atom is 0.338 e. The summed E-state index contributed by atoms with van der Waals surface area (Å²) in [4.78, 5) is 26.8. The van der Waals surface area contributed by atoms with E-state index in [1.807, 2.05) is 0 Å². The number of fused-ring (bicyclic) bond motifs is 1. The van der Waals surface area contributed by atoms with Crippen LogP contribution in [0.4, 0.5) is 5.69 Å². The Morgan fingerprint density at radius 2 is 1.96 bits per heavy atom. The van der Waals surface area contributed by atoms with Crippen LogP contribution < -0.4 is 0 Å². The lowest BCUT2D eigenvalue weighted by Crippen LogP contribution is -2.06. The van der Waals surface area contributed by atoms with Crippen molar-refractivity contribution >= 4 is 34.2 Å². The molecule has 0 saturated heterocycles. The Morgan fingerprint density at radius 3 is 2.75 bits per heavy atom. The van der Waals surface area contributed by atoms with Crippen LogP contribution >= 0.6 is 11.6 Å². The SMILES string of the molecule is O=C(OCc1ccccc1[N+](=O)[O-])c1ccc2nc(Cl)ccc2c1. The van der Waals surface area contributed by atoms with Crippen molar-refractivity contribution in [2.24, 2.45) is 0 Å². The Balaban J connectivity index is 1.78. The smallest absolute Gasteiger partial charge is 0.338 e. The van der Waals surface area contributed by atoms with Crippen molar-refractivity contribution in [1.82, 2.24) is 4.98 Å². The number of nitro benzene ring substituents is 1. The topological polar surface area (TPSA) is 82.3 Å². The van der Waals surface area contributed by atoms with Gasteiger partial charge in [-0.2, -0.15) is 0 Å². The van der Waals surface area contributed by atoms with Crippen molar-refractivity contribution in [1.29, 1.82) is 0 Å². The van der Waals surface area contributed by atoms with Gasteiger partial charge in [-0.1, -0.05) is 23.7 Å². The molecule has 1 heterocycles. The minimum absolute atomic E-state index is 0.0809. The molecule has 0 atom stereocenters. The van der Waals surface area contributed by atoms with E-state index in [4.69, 9.17) is 16.3 Å². The zero-order valence-electron chi connectivity index (χ0n) is 12.3. The van der Waals surface area contributed by atoms with Crippen LogP contribution in [0.1, 0.15) is 15.9 Å². The molecule has 0 N–H and O–H groups in total. The number of halogens is 1. The molecule has 0 radical (unpaired) electrons. The number of carbonyl (C=O) groups excluding carboxylic acids is 1. The first-order valence-electron chi connectivity index (χ1n) is 7.00. The molecule has 0 unspecified atom stereocenters. The Bertz CT molecular complexity index is 943. The zero-order valence-corrected chi connectivity index (χ0v) is 13.1. The predicted molar refractivity (Wildman–Crippen MR) is 89.0 cm³/mol. The molecule has 24 heavy (non-hydrogen) atoms. The quantitative estimate of drug-likeness (QED) is 0.308. The van der Waals surface area contributed by atoms with Gasteiger partial charge in [0.25, 0.3) is 5.69 Å². The molecule has 0 spiro atoms. The molecular weight excluding hydrogens is 332 g/mol. The number of ether oxygens (including phenoxy) is 1. The van der Waals surface area contributed by atoms with Crippen molar-refractivity contribution in [3.63, 3.8) is 0 Å². The number of pyridine rings is 1. The molecule has 120 valence electrons. The van der Waals surface area contributed by atoms with E-state index in [9.17, 15) is 14.9 Å². The number of benzene rings is 2. The van der Waals surface area contributed by atoms with Crippen LogP contribution in [-0.2, 0) is 11.3 Å². The maximum atomic E-state index is 12.2. The Kier molecular flexibility index (Phi) is 4.39. The van der Waals surface area contributed by atoms with Crippen molar-refractivity contribution < 1.29 is 14.5 Å². The third-order valence-corrected chi connectivity index (χ3v) is 3.65. The average Bonchev–Trinajstić information content (AvgIpc) is 2.59. The van der Waals surface area contributed by atoms with Crippen molar-refractivity contribution in [3.8, 4) is 0 Å². The standard InChI is InChI=1S/C17H11ClN2O4/c18-16-8-6-11-9-12(5-7-14(11)19-16)17(21)24-10-13-3-1-2-4-15(13)20(22)23/h1-9H,10H2. The van der Waals surface area contributed by atoms with Gasteiger partial charge in [0.15, 0.2) is 0 Å². The number of aromatic nitrogens is 1. The largest absolute Gasteiger partial charge is 0.457 e. The summed E-state index contributed by atoms with van der Waals surface area (Å²) >= 11 is 5.82. The first-order valence-corrected chi connectivity index (χ1v) is 7.38. The number of esters is 1. The predicted octanol–water partition coefficient (Wildman–Crippen LogP) is 4.15. The number of rotatable bonds is 4. The van der Waals surface area contributed by atoms with E-state index in [0.29, 0.717) is 21.8 Å². The van der Waals surface area contributed by atoms with Crippen LogP contribution in [0.3, 0.4) is 0 Å². The highest BCUT2D eigenvalue weighted by atomic mass is 35.5. The fourth-order valence-electron chi connectivity index (χ4n) is 2.27. The molecule has 1 aromatic heterocycles. The lowest BCUT2D eigenvalue weighted by molar-refractivity contribution is -0.385. The van der Waals surface area contributed by atoms with Gasteiger partial charge in [-0.05, 0) is 36.4 Å². The molecule has 0 aliphatic heterocycles. The summed E-state index contributed by atoms with van der Waals surface area (Å²) in [7, 11) is 0. The first kappa shape index (κ1) is 15.9. The van der Waals surface area contributed by atoms with Crippen molar-refractivity contribution in [2.75, 3.05) is 0 Å². The van der Waals surface area contributed by atoms with Crippen molar-refractivity contribution in [3.05, 3.63) is 81.0 Å². The van der Waals surface area contributed by atoms with Crippen LogP contribution in [-0.4, -0.2) is 15.9 Å². The number of hydrogen-bond acceptors (Lipinski definition) is 5. The van der Waals surface area contributed by atoms with Gasteiger partial charge in [0.05, 0.1) is 21.6 Å². The van der Waals surface area contributed by atoms with E-state index < -0.39 is 10.9 Å². The summed E-state index contributed by atoms with van der Waals surface area (Å²) < 4.78 is 5.19. The van der Waals surface area contributed by atoms with Crippen molar-refractivity contribution in [2.45, 2.75) is 6.61 Å². The molecule has 2 aromatic carbocycles. The molecule has 7 heteroatoms. The Hall–Kier alpha value is -2.99. The normalized spacial score (nSPS) is 10.5. The summed E-state index contributed by atoms with van der Waals surface area (Å²) in [6.07, 6.45) is 0. The van der Waals surface area contributed by atoms with Gasteiger partial charge in [-0.3, -0.25) is 10.1 Å². The first-order chi connectivity index (χ1) is 11.5. The third-order valence-electron chi connectivity index (χ3n) is 3.44. The minimum Gasteiger partial charge on any atom is -0.457 e. The van der Waals surface area contributed by atoms with Gasteiger partial charge in [0, 0.05) is 11.5 Å². The van der Waals surface area contributed by atoms with E-state index in [0.717, 1.165) is 5.39 Å². The van der Waals surface area contributed by atoms with E-state index in [-0.39, 0.29) is 12.3 Å². The molecule has 0 amide bonds. The number of para-hydroxylation sites is 1. The van der Waals surface area contributed by atoms with Gasteiger partial charge in [-0.25, -0.2) is 9.78 Å². The van der Waals surface area contributed by atoms with Gasteiger partial charge < -0.3 is 4.74 Å². The Morgan fingerprint density at radius 1 is 1.17 bits per heavy atom. The maximum absolute atomic E-state index is 12.2. The third kappa shape index (κ3) is 3.33. The van der Waals surface area contributed by atoms with Gasteiger partial charge >= 0.3 is 5.97 Å². The van der Waals surface area contributed by atoms with Gasteiger partial charge in [-0.15, -0.1) is 0 Å². The summed E-state index contributed by atoms with van der Waals surface area (Å²) in [5, 5.41) is 12.1. The average molecular weight is 343 g/mol. The molecule has 0 fully saturated rings. The van der Waals surface area contributed by atoms with Crippen LogP contribution in [0, 0.1) is 10.1 Å². The van der Waals surface area contributed by atoms with Gasteiger partial charge in [0.1, 0.15) is 11.8 Å². The summed E-state index contributed by atoms with van der Waals surface area (Å²) in [5.41, 5.74) is 1.26. The molecular formula is C17H11ClN2O4. The lowest BCUT2D eigenvalue weighted by Gasteiger charge is -2.06. The van der Waals surface area contributed by atoms with Gasteiger partial charge in [0.2, 0.25) is 0 Å². The van der Waals surface area contributed by atoms with E-state index in [1.54, 1.807) is 48.5 Å². The van der Waals surface area contributed by atoms with E-state index in [2.05, 4.69) is 4.98 Å². The highest BCUT2D eigenvalue weighted by molar-refractivity contribution is 6.29. The molecule has 3 rings (SSSR count). The fourth-order valence-corrected chi connectivity index (χ4v) is 2.42. The van der Waals surface area contributed by atoms with Crippen LogP contribution in [0.5, 0.6) is 0 Å². The van der Waals surface area contributed by atoms with E-state index in [1.165, 1.54) is 6.07 Å². The second-order valence-corrected chi connectivity index (χ2v) is 5.39. The minimum atomic E-state index is -0.565. The molecule has 0 saturated carbocycles. The molecule has 0 aliphatic rings. The molecule has 6 nitrogen and oxygen atoms in total. The zero-order chi connectivity index (χ0) is 17.1. The molecule has 0 aliphatic carbocycles. The number of nitrogens with zero attached hydrogens (tertiary/aromatic N) is 2. The summed E-state index contributed by atoms with van der Waals surface area (Å²) in [6, 6.07) is 14.4. The summed E-state index contributed by atoms with van der Waals surface area (Å²) in [6.45, 7) is -0.174. The lowest BCUT2D eigenvalue weighted by atomic mass is 10.1. The van der Waals surface area contributed by atoms with E-state index >= 15 is 0 Å². The second-order valence-electron chi connectivity index (χ2n) is 5.00. The molecule has 3 aromatic rings. The van der Waals surface area contributed by atoms with Crippen LogP contribution in [0.25, 0.3) is 10.9 Å². The second kappa shape index (κ2) is 6.64. The van der Waals surface area contributed by atoms with Crippen LogP contribution in [0.2, 0.25) is 5.15 Å². The molecule has 0 bridgehead atoms. The fraction of sp³-hybridized carbons (Fsp3) is 0.0588. The Labute approximate surface area is 141 Å². The highest BCUT2D eigenvalue weighted by Gasteiger charge is 2.15. The summed E-state index contributed by atoms with van der Waals surface area (Å²) in [5.74, 6) is -0.565. The van der Waals surface area contributed by atoms with Crippen LogP contribution in [0.15, 0.2) is 54.6 Å². The highest BCUT2D eigenvalue weighted by Crippen LogP contribution is 2.20. The number of hydrogen-bond donors (Lipinski definition) is 0. The number of carbonyl (C=O) groups is 1. The monoisotopic (exact) mass is 342 g/mol. The number of nitro groups is 1.